The van der Waals surface area contributed by atoms with Gasteiger partial charge in [0.15, 0.2) is 5.50 Å². The highest BCUT2D eigenvalue weighted by Crippen LogP contribution is 2.30. The largest absolute Gasteiger partial charge is 0.339 e. The average Bonchev–Trinajstić information content (AvgIpc) is 2.91. The molecule has 0 amide bonds. The van der Waals surface area contributed by atoms with Crippen LogP contribution >= 0.6 is 0 Å². The number of rotatable bonds is 2. The van der Waals surface area contributed by atoms with Crippen molar-refractivity contribution in [3.8, 4) is 0 Å². The third-order valence-corrected chi connectivity index (χ3v) is 4.69. The molecule has 1 saturated carbocycles. The van der Waals surface area contributed by atoms with E-state index in [4.69, 9.17) is 0 Å². The highest BCUT2D eigenvalue weighted by atomic mass is 32.2. The van der Waals surface area contributed by atoms with E-state index >= 15 is 0 Å². The highest BCUT2D eigenvalue weighted by Gasteiger charge is 2.29. The standard InChI is InChI=1S/C13H19N3OS/c1-18(17)13-14-9-10-5-4-8-16(12(10)15-13)11-6-2-3-7-11/h4,8-9,11,13,15H,2-3,5-7H2,1H3. The molecule has 0 bridgehead atoms. The average molecular weight is 265 g/mol. The molecule has 2 heterocycles. The number of hydrogen-bond acceptors (Lipinski definition) is 4. The lowest BCUT2D eigenvalue weighted by Gasteiger charge is -2.36. The van der Waals surface area contributed by atoms with Crippen molar-refractivity contribution in [2.75, 3.05) is 6.26 Å². The first-order chi connectivity index (χ1) is 8.75. The van der Waals surface area contributed by atoms with Crippen LogP contribution in [0.2, 0.25) is 0 Å². The van der Waals surface area contributed by atoms with Gasteiger partial charge in [0.25, 0.3) is 0 Å². The van der Waals surface area contributed by atoms with Gasteiger partial charge in [0, 0.05) is 30.3 Å². The van der Waals surface area contributed by atoms with E-state index in [-0.39, 0.29) is 5.50 Å². The molecule has 2 aliphatic heterocycles. The lowest BCUT2D eigenvalue weighted by atomic mass is 10.1. The summed E-state index contributed by atoms with van der Waals surface area (Å²) in [5, 5.41) is 3.34. The first-order valence-corrected chi connectivity index (χ1v) is 8.18. The molecule has 1 aliphatic carbocycles. The second-order valence-electron chi connectivity index (χ2n) is 5.08. The van der Waals surface area contributed by atoms with Crippen LogP contribution in [0.1, 0.15) is 32.1 Å². The molecule has 98 valence electrons. The lowest BCUT2D eigenvalue weighted by molar-refractivity contribution is 0.309. The molecule has 3 aliphatic rings. The fourth-order valence-electron chi connectivity index (χ4n) is 2.88. The lowest BCUT2D eigenvalue weighted by Crippen LogP contribution is -2.44. The smallest absolute Gasteiger partial charge is 0.196 e. The predicted molar refractivity (Wildman–Crippen MR) is 74.4 cm³/mol. The third kappa shape index (κ3) is 2.11. The van der Waals surface area contributed by atoms with Gasteiger partial charge in [0.05, 0.1) is 10.8 Å². The molecular weight excluding hydrogens is 246 g/mol. The second-order valence-corrected chi connectivity index (χ2v) is 6.53. The summed E-state index contributed by atoms with van der Waals surface area (Å²) in [5.74, 6) is 1.12. The van der Waals surface area contributed by atoms with E-state index in [1.54, 1.807) is 6.26 Å². The molecular formula is C13H19N3OS. The third-order valence-electron chi connectivity index (χ3n) is 3.82. The van der Waals surface area contributed by atoms with Gasteiger partial charge in [-0.3, -0.25) is 9.20 Å². The summed E-state index contributed by atoms with van der Waals surface area (Å²) >= 11 is 0. The van der Waals surface area contributed by atoms with E-state index in [1.165, 1.54) is 31.3 Å². The quantitative estimate of drug-likeness (QED) is 0.826. The Labute approximate surface area is 110 Å². The maximum absolute atomic E-state index is 11.6. The van der Waals surface area contributed by atoms with Crippen LogP contribution in [0.15, 0.2) is 28.7 Å². The minimum atomic E-state index is -0.978. The van der Waals surface area contributed by atoms with Crippen molar-refractivity contribution in [2.24, 2.45) is 4.99 Å². The van der Waals surface area contributed by atoms with Gasteiger partial charge in [-0.15, -0.1) is 0 Å². The zero-order valence-corrected chi connectivity index (χ0v) is 11.4. The molecule has 2 atom stereocenters. The van der Waals surface area contributed by atoms with Gasteiger partial charge in [0.2, 0.25) is 0 Å². The van der Waals surface area contributed by atoms with Crippen molar-refractivity contribution in [2.45, 2.75) is 43.6 Å². The minimum Gasteiger partial charge on any atom is -0.339 e. The zero-order valence-electron chi connectivity index (χ0n) is 10.6. The Hall–Kier alpha value is -1.10. The molecule has 3 rings (SSSR count). The van der Waals surface area contributed by atoms with E-state index in [2.05, 4.69) is 27.5 Å². The fraction of sp³-hybridized carbons (Fsp3) is 0.615. The van der Waals surface area contributed by atoms with E-state index in [0.29, 0.717) is 6.04 Å². The number of nitrogens with one attached hydrogen (secondary N) is 1. The first kappa shape index (κ1) is 12.0. The first-order valence-electron chi connectivity index (χ1n) is 6.56. The topological polar surface area (TPSA) is 44.7 Å². The minimum absolute atomic E-state index is 0.292. The van der Waals surface area contributed by atoms with E-state index in [9.17, 15) is 4.21 Å². The molecule has 0 aromatic heterocycles. The van der Waals surface area contributed by atoms with Crippen LogP contribution in [0.5, 0.6) is 0 Å². The predicted octanol–water partition coefficient (Wildman–Crippen LogP) is 1.70. The molecule has 5 heteroatoms. The summed E-state index contributed by atoms with van der Waals surface area (Å²) in [6, 6.07) is 0.594. The van der Waals surface area contributed by atoms with Gasteiger partial charge in [0.1, 0.15) is 5.82 Å². The molecule has 0 radical (unpaired) electrons. The van der Waals surface area contributed by atoms with Crippen LogP contribution in [0, 0.1) is 0 Å². The van der Waals surface area contributed by atoms with Gasteiger partial charge in [-0.05, 0) is 19.3 Å². The van der Waals surface area contributed by atoms with Crippen molar-refractivity contribution in [3.63, 3.8) is 0 Å². The van der Waals surface area contributed by atoms with Gasteiger partial charge >= 0.3 is 0 Å². The SMILES string of the molecule is CS(=O)C1N=CC2=C(N1)N(C1CCCC1)C=CC2. The summed E-state index contributed by atoms with van der Waals surface area (Å²) < 4.78 is 11.6. The number of hydrogen-bond donors (Lipinski definition) is 1. The molecule has 1 fully saturated rings. The second kappa shape index (κ2) is 4.88. The Balaban J connectivity index is 1.84. The fourth-order valence-corrected chi connectivity index (χ4v) is 3.39. The molecule has 1 N–H and O–H groups in total. The molecule has 0 aromatic rings. The Morgan fingerprint density at radius 1 is 1.44 bits per heavy atom. The van der Waals surface area contributed by atoms with Crippen molar-refractivity contribution in [1.29, 1.82) is 0 Å². The number of allylic oxidation sites excluding steroid dienone is 2. The van der Waals surface area contributed by atoms with Crippen LogP contribution in [-0.2, 0) is 10.8 Å². The van der Waals surface area contributed by atoms with Gasteiger partial charge < -0.3 is 10.2 Å². The summed E-state index contributed by atoms with van der Waals surface area (Å²) in [6.45, 7) is 0. The van der Waals surface area contributed by atoms with Crippen LogP contribution in [0.25, 0.3) is 0 Å². The normalized spacial score (nSPS) is 29.4. The summed E-state index contributed by atoms with van der Waals surface area (Å²) in [6.07, 6.45) is 14.0. The van der Waals surface area contributed by atoms with Gasteiger partial charge in [-0.2, -0.15) is 0 Å². The van der Waals surface area contributed by atoms with E-state index in [1.807, 2.05) is 6.21 Å². The number of aliphatic imine (C=N–C) groups is 1. The Morgan fingerprint density at radius 2 is 2.22 bits per heavy atom. The van der Waals surface area contributed by atoms with Crippen molar-refractivity contribution < 1.29 is 4.21 Å². The summed E-state index contributed by atoms with van der Waals surface area (Å²) in [5.41, 5.74) is 0.922. The van der Waals surface area contributed by atoms with Crippen LogP contribution in [-0.4, -0.2) is 33.1 Å². The molecule has 0 spiro atoms. The van der Waals surface area contributed by atoms with Gasteiger partial charge in [-0.25, -0.2) is 0 Å². The zero-order chi connectivity index (χ0) is 12.5. The summed E-state index contributed by atoms with van der Waals surface area (Å²) in [7, 11) is -0.978. The van der Waals surface area contributed by atoms with Crippen LogP contribution < -0.4 is 5.32 Å². The van der Waals surface area contributed by atoms with Crippen LogP contribution in [0.3, 0.4) is 0 Å². The maximum Gasteiger partial charge on any atom is 0.196 e. The maximum atomic E-state index is 11.6. The number of nitrogens with zero attached hydrogens (tertiary/aromatic N) is 2. The molecule has 0 saturated heterocycles. The van der Waals surface area contributed by atoms with Crippen molar-refractivity contribution in [1.82, 2.24) is 10.2 Å². The van der Waals surface area contributed by atoms with Crippen molar-refractivity contribution >= 4 is 17.0 Å². The molecule has 0 aromatic carbocycles. The Morgan fingerprint density at radius 3 is 2.94 bits per heavy atom. The van der Waals surface area contributed by atoms with Crippen molar-refractivity contribution in [3.05, 3.63) is 23.7 Å². The van der Waals surface area contributed by atoms with E-state index < -0.39 is 10.8 Å². The highest BCUT2D eigenvalue weighted by molar-refractivity contribution is 7.84. The van der Waals surface area contributed by atoms with Gasteiger partial charge in [-0.1, -0.05) is 18.9 Å². The molecule has 2 unspecified atom stereocenters. The monoisotopic (exact) mass is 265 g/mol. The Kier molecular flexibility index (Phi) is 3.24. The molecule has 4 nitrogen and oxygen atoms in total. The van der Waals surface area contributed by atoms with Crippen LogP contribution in [0.4, 0.5) is 0 Å². The Bertz CT molecular complexity index is 449. The summed E-state index contributed by atoms with van der Waals surface area (Å²) in [4.78, 5) is 6.65. The molecule has 18 heavy (non-hydrogen) atoms. The van der Waals surface area contributed by atoms with E-state index in [0.717, 1.165) is 12.2 Å².